The van der Waals surface area contributed by atoms with Crippen molar-refractivity contribution in [1.29, 1.82) is 0 Å². The minimum Gasteiger partial charge on any atom is -0.473 e. The molecule has 1 heterocycles. The van der Waals surface area contributed by atoms with Crippen molar-refractivity contribution in [3.05, 3.63) is 37.6 Å². The second-order valence-electron chi connectivity index (χ2n) is 2.34. The highest BCUT2D eigenvalue weighted by atomic mass is 16.5. The molecule has 0 amide bonds. The minimum absolute atomic E-state index is 0.439. The molecule has 0 N–H and O–H groups in total. The first-order valence-corrected chi connectivity index (χ1v) is 3.54. The van der Waals surface area contributed by atoms with Crippen molar-refractivity contribution in [2.45, 2.75) is 0 Å². The Labute approximate surface area is 70.0 Å². The standard InChI is InChI=1S/C9H7N2O/c1-12-9-6-10-7-4-2-3-5-8(7)11-9/h2-6H,1H2. The van der Waals surface area contributed by atoms with Crippen LogP contribution in [0.1, 0.15) is 0 Å². The van der Waals surface area contributed by atoms with Crippen LogP contribution in [0.3, 0.4) is 0 Å². The lowest BCUT2D eigenvalue weighted by Gasteiger charge is -1.98. The van der Waals surface area contributed by atoms with Gasteiger partial charge in [-0.2, -0.15) is 0 Å². The molecule has 2 rings (SSSR count). The van der Waals surface area contributed by atoms with Crippen LogP contribution < -0.4 is 4.74 Å². The molecule has 0 aliphatic heterocycles. The molecule has 2 aromatic rings. The van der Waals surface area contributed by atoms with Crippen molar-refractivity contribution in [1.82, 2.24) is 9.97 Å². The molecular weight excluding hydrogens is 152 g/mol. The van der Waals surface area contributed by atoms with E-state index in [0.717, 1.165) is 11.0 Å². The van der Waals surface area contributed by atoms with E-state index >= 15 is 0 Å². The predicted octanol–water partition coefficient (Wildman–Crippen LogP) is 1.80. The first kappa shape index (κ1) is 7.03. The number of rotatable bonds is 1. The summed E-state index contributed by atoms with van der Waals surface area (Å²) < 4.78 is 4.70. The van der Waals surface area contributed by atoms with Gasteiger partial charge in [-0.25, -0.2) is 9.97 Å². The van der Waals surface area contributed by atoms with Crippen LogP contribution in [0.2, 0.25) is 0 Å². The first-order chi connectivity index (χ1) is 5.90. The Bertz CT molecular complexity index is 400. The number of benzene rings is 1. The SMILES string of the molecule is [CH2]Oc1cnc2ccccc2n1. The average molecular weight is 159 g/mol. The number of fused-ring (bicyclic) bond motifs is 1. The molecule has 0 saturated carbocycles. The van der Waals surface area contributed by atoms with Gasteiger partial charge in [-0.15, -0.1) is 0 Å². The van der Waals surface area contributed by atoms with Crippen molar-refractivity contribution < 1.29 is 4.74 Å². The van der Waals surface area contributed by atoms with E-state index in [9.17, 15) is 0 Å². The zero-order valence-electron chi connectivity index (χ0n) is 6.40. The number of hydrogen-bond acceptors (Lipinski definition) is 3. The summed E-state index contributed by atoms with van der Waals surface area (Å²) in [6, 6.07) is 7.60. The van der Waals surface area contributed by atoms with Gasteiger partial charge in [-0.1, -0.05) is 12.1 Å². The highest BCUT2D eigenvalue weighted by molar-refractivity contribution is 5.73. The molecule has 0 bridgehead atoms. The summed E-state index contributed by atoms with van der Waals surface area (Å²) in [5, 5.41) is 0. The number of hydrogen-bond donors (Lipinski definition) is 0. The minimum atomic E-state index is 0.439. The molecule has 12 heavy (non-hydrogen) atoms. The summed E-state index contributed by atoms with van der Waals surface area (Å²) in [4.78, 5) is 8.27. The molecule has 3 heteroatoms. The maximum Gasteiger partial charge on any atom is 0.233 e. The normalized spacial score (nSPS) is 10.1. The zero-order chi connectivity index (χ0) is 8.39. The van der Waals surface area contributed by atoms with Gasteiger partial charge < -0.3 is 4.74 Å². The number of nitrogens with zero attached hydrogens (tertiary/aromatic N) is 2. The van der Waals surface area contributed by atoms with Crippen LogP contribution in [0.4, 0.5) is 0 Å². The quantitative estimate of drug-likeness (QED) is 0.636. The number of para-hydroxylation sites is 2. The Balaban J connectivity index is 2.67. The van der Waals surface area contributed by atoms with Crippen LogP contribution in [0.5, 0.6) is 5.88 Å². The molecule has 59 valence electrons. The molecule has 1 aromatic carbocycles. The van der Waals surface area contributed by atoms with Gasteiger partial charge in [0.2, 0.25) is 5.88 Å². The predicted molar refractivity (Wildman–Crippen MR) is 45.5 cm³/mol. The van der Waals surface area contributed by atoms with E-state index in [1.54, 1.807) is 6.20 Å². The summed E-state index contributed by atoms with van der Waals surface area (Å²) in [7, 11) is 3.26. The summed E-state index contributed by atoms with van der Waals surface area (Å²) >= 11 is 0. The molecule has 0 spiro atoms. The van der Waals surface area contributed by atoms with E-state index in [4.69, 9.17) is 4.74 Å². The van der Waals surface area contributed by atoms with E-state index in [0.29, 0.717) is 5.88 Å². The van der Waals surface area contributed by atoms with Gasteiger partial charge >= 0.3 is 0 Å². The fraction of sp³-hybridized carbons (Fsp3) is 0. The van der Waals surface area contributed by atoms with Crippen molar-refractivity contribution in [2.24, 2.45) is 0 Å². The molecule has 0 fully saturated rings. The van der Waals surface area contributed by atoms with Gasteiger partial charge in [0.25, 0.3) is 0 Å². The van der Waals surface area contributed by atoms with Crippen LogP contribution in [-0.4, -0.2) is 9.97 Å². The van der Waals surface area contributed by atoms with E-state index in [2.05, 4.69) is 17.1 Å². The summed E-state index contributed by atoms with van der Waals surface area (Å²) in [6.07, 6.45) is 1.55. The van der Waals surface area contributed by atoms with Crippen molar-refractivity contribution in [3.8, 4) is 5.88 Å². The molecule has 0 atom stereocenters. The monoisotopic (exact) mass is 159 g/mol. The summed E-state index contributed by atoms with van der Waals surface area (Å²) in [5.74, 6) is 0.439. The second-order valence-corrected chi connectivity index (χ2v) is 2.34. The Hall–Kier alpha value is -1.64. The van der Waals surface area contributed by atoms with Crippen molar-refractivity contribution >= 4 is 11.0 Å². The van der Waals surface area contributed by atoms with E-state index < -0.39 is 0 Å². The second kappa shape index (κ2) is 2.77. The smallest absolute Gasteiger partial charge is 0.233 e. The van der Waals surface area contributed by atoms with Crippen molar-refractivity contribution in [3.63, 3.8) is 0 Å². The largest absolute Gasteiger partial charge is 0.473 e. The van der Waals surface area contributed by atoms with Gasteiger partial charge in [-0.3, -0.25) is 0 Å². The Morgan fingerprint density at radius 3 is 2.67 bits per heavy atom. The first-order valence-electron chi connectivity index (χ1n) is 3.54. The highest BCUT2D eigenvalue weighted by Gasteiger charge is 1.96. The number of ether oxygens (including phenoxy) is 1. The zero-order valence-corrected chi connectivity index (χ0v) is 6.40. The van der Waals surface area contributed by atoms with Crippen LogP contribution in [0.25, 0.3) is 11.0 Å². The van der Waals surface area contributed by atoms with E-state index in [-0.39, 0.29) is 0 Å². The molecule has 0 aliphatic rings. The van der Waals surface area contributed by atoms with Gasteiger partial charge in [-0.05, 0) is 12.1 Å². The molecule has 1 aromatic heterocycles. The van der Waals surface area contributed by atoms with E-state index in [1.165, 1.54) is 0 Å². The fourth-order valence-electron chi connectivity index (χ4n) is 1.01. The third kappa shape index (κ3) is 1.09. The van der Waals surface area contributed by atoms with Crippen LogP contribution >= 0.6 is 0 Å². The third-order valence-corrected chi connectivity index (χ3v) is 1.57. The van der Waals surface area contributed by atoms with Gasteiger partial charge in [0.15, 0.2) is 0 Å². The highest BCUT2D eigenvalue weighted by Crippen LogP contribution is 2.11. The van der Waals surface area contributed by atoms with Crippen LogP contribution in [0.15, 0.2) is 30.5 Å². The molecule has 1 radical (unpaired) electrons. The third-order valence-electron chi connectivity index (χ3n) is 1.57. The fourth-order valence-corrected chi connectivity index (χ4v) is 1.01. The number of aromatic nitrogens is 2. The lowest BCUT2D eigenvalue weighted by atomic mass is 10.3. The van der Waals surface area contributed by atoms with Crippen LogP contribution in [-0.2, 0) is 0 Å². The van der Waals surface area contributed by atoms with Gasteiger partial charge in [0.1, 0.15) is 7.11 Å². The Morgan fingerprint density at radius 1 is 1.17 bits per heavy atom. The summed E-state index contributed by atoms with van der Waals surface area (Å²) in [5.41, 5.74) is 1.68. The summed E-state index contributed by atoms with van der Waals surface area (Å²) in [6.45, 7) is 0. The molecule has 3 nitrogen and oxygen atoms in total. The lowest BCUT2D eigenvalue weighted by molar-refractivity contribution is 0.453. The lowest BCUT2D eigenvalue weighted by Crippen LogP contribution is -1.87. The maximum atomic E-state index is 4.70. The van der Waals surface area contributed by atoms with Crippen molar-refractivity contribution in [2.75, 3.05) is 0 Å². The topological polar surface area (TPSA) is 35.0 Å². The van der Waals surface area contributed by atoms with Gasteiger partial charge in [0, 0.05) is 0 Å². The molecule has 0 saturated heterocycles. The molecule has 0 aliphatic carbocycles. The Kier molecular flexibility index (Phi) is 1.63. The van der Waals surface area contributed by atoms with E-state index in [1.807, 2.05) is 24.3 Å². The molecule has 0 unspecified atom stereocenters. The Morgan fingerprint density at radius 2 is 1.92 bits per heavy atom. The van der Waals surface area contributed by atoms with Crippen LogP contribution in [0, 0.1) is 7.11 Å². The van der Waals surface area contributed by atoms with Gasteiger partial charge in [0.05, 0.1) is 17.2 Å². The maximum absolute atomic E-state index is 4.70. The molecular formula is C9H7N2O. The average Bonchev–Trinajstić information content (AvgIpc) is 2.17.